The van der Waals surface area contributed by atoms with Gasteiger partial charge in [-0.25, -0.2) is 0 Å². The van der Waals surface area contributed by atoms with Crippen molar-refractivity contribution in [3.8, 4) is 0 Å². The monoisotopic (exact) mass is 299 g/mol. The summed E-state index contributed by atoms with van der Waals surface area (Å²) in [5, 5.41) is 2.71. The number of hydrogen-bond donors (Lipinski definition) is 2. The van der Waals surface area contributed by atoms with Crippen molar-refractivity contribution in [1.29, 1.82) is 0 Å². The summed E-state index contributed by atoms with van der Waals surface area (Å²) in [5.74, 6) is -0.124. The third-order valence-corrected chi connectivity index (χ3v) is 3.06. The number of hydrogen-bond acceptors (Lipinski definition) is 3. The molecular formula is C14H22ClN3O2. The minimum atomic E-state index is -0.0725. The van der Waals surface area contributed by atoms with Gasteiger partial charge in [0.2, 0.25) is 5.91 Å². The molecule has 20 heavy (non-hydrogen) atoms. The largest absolute Gasteiger partial charge is 0.352 e. The fraction of sp³-hybridized carbons (Fsp3) is 0.429. The highest BCUT2D eigenvalue weighted by atomic mass is 35.5. The number of benzene rings is 1. The molecule has 112 valence electrons. The molecule has 6 heteroatoms. The van der Waals surface area contributed by atoms with Gasteiger partial charge in [-0.05, 0) is 24.6 Å². The molecule has 0 heterocycles. The maximum absolute atomic E-state index is 12.1. The van der Waals surface area contributed by atoms with E-state index in [1.165, 1.54) is 6.92 Å². The molecule has 0 aliphatic rings. The van der Waals surface area contributed by atoms with Gasteiger partial charge in [0, 0.05) is 38.7 Å². The first kappa shape index (κ1) is 18.4. The van der Waals surface area contributed by atoms with E-state index in [1.807, 2.05) is 19.1 Å². The molecule has 0 aliphatic carbocycles. The second-order valence-electron chi connectivity index (χ2n) is 4.61. The summed E-state index contributed by atoms with van der Waals surface area (Å²) in [6.45, 7) is 4.28. The van der Waals surface area contributed by atoms with Crippen molar-refractivity contribution in [2.75, 3.05) is 13.6 Å². The normalized spacial score (nSPS) is 11.2. The van der Waals surface area contributed by atoms with Gasteiger partial charge in [-0.2, -0.15) is 0 Å². The number of likely N-dealkylation sites (N-methyl/N-ethyl adjacent to an activating group) is 1. The van der Waals surface area contributed by atoms with Crippen LogP contribution in [0.2, 0.25) is 0 Å². The van der Waals surface area contributed by atoms with Gasteiger partial charge in [0.1, 0.15) is 0 Å². The molecule has 2 amide bonds. The Morgan fingerprint density at radius 2 is 1.85 bits per heavy atom. The summed E-state index contributed by atoms with van der Waals surface area (Å²) in [6, 6.07) is 7.21. The Morgan fingerprint density at radius 1 is 1.30 bits per heavy atom. The van der Waals surface area contributed by atoms with Crippen molar-refractivity contribution in [2.24, 2.45) is 5.73 Å². The van der Waals surface area contributed by atoms with Gasteiger partial charge in [0.15, 0.2) is 0 Å². The molecule has 0 saturated heterocycles. The Kier molecular flexibility index (Phi) is 7.87. The van der Waals surface area contributed by atoms with Crippen molar-refractivity contribution in [3.05, 3.63) is 35.4 Å². The second kappa shape index (κ2) is 8.55. The van der Waals surface area contributed by atoms with Crippen LogP contribution in [0, 0.1) is 0 Å². The first-order valence-electron chi connectivity index (χ1n) is 6.26. The van der Waals surface area contributed by atoms with E-state index in [-0.39, 0.29) is 30.3 Å². The predicted molar refractivity (Wildman–Crippen MR) is 81.8 cm³/mol. The number of halogens is 1. The number of nitrogens with two attached hydrogens (primary N) is 1. The molecule has 5 nitrogen and oxygen atoms in total. The number of nitrogens with zero attached hydrogens (tertiary/aromatic N) is 1. The summed E-state index contributed by atoms with van der Waals surface area (Å²) in [6.07, 6.45) is 0. The Bertz CT molecular complexity index is 448. The maximum atomic E-state index is 12.1. The summed E-state index contributed by atoms with van der Waals surface area (Å²) in [4.78, 5) is 24.6. The van der Waals surface area contributed by atoms with Gasteiger partial charge in [-0.15, -0.1) is 12.4 Å². The number of amides is 2. The zero-order valence-electron chi connectivity index (χ0n) is 12.1. The lowest BCUT2D eigenvalue weighted by Crippen LogP contribution is -2.39. The average Bonchev–Trinajstić information content (AvgIpc) is 2.43. The molecule has 1 rings (SSSR count). The van der Waals surface area contributed by atoms with Crippen molar-refractivity contribution in [1.82, 2.24) is 10.2 Å². The molecule has 0 radical (unpaired) electrons. The van der Waals surface area contributed by atoms with E-state index in [1.54, 1.807) is 24.1 Å². The van der Waals surface area contributed by atoms with Crippen LogP contribution in [0.15, 0.2) is 24.3 Å². The molecule has 0 fully saturated rings. The molecule has 1 aromatic carbocycles. The number of rotatable bonds is 5. The van der Waals surface area contributed by atoms with E-state index in [0.717, 1.165) is 5.56 Å². The maximum Gasteiger partial charge on any atom is 0.253 e. The molecule has 1 aromatic rings. The number of carbonyl (C=O) groups excluding carboxylic acids is 2. The zero-order valence-corrected chi connectivity index (χ0v) is 12.9. The second-order valence-corrected chi connectivity index (χ2v) is 4.61. The third-order valence-electron chi connectivity index (χ3n) is 3.06. The molecule has 0 bridgehead atoms. The predicted octanol–water partition coefficient (Wildman–Crippen LogP) is 1.16. The van der Waals surface area contributed by atoms with Crippen LogP contribution in [-0.4, -0.2) is 36.3 Å². The van der Waals surface area contributed by atoms with Crippen LogP contribution in [-0.2, 0) is 11.3 Å². The van der Waals surface area contributed by atoms with Gasteiger partial charge in [0.05, 0.1) is 0 Å². The van der Waals surface area contributed by atoms with E-state index in [0.29, 0.717) is 18.7 Å². The van der Waals surface area contributed by atoms with Crippen LogP contribution in [0.3, 0.4) is 0 Å². The summed E-state index contributed by atoms with van der Waals surface area (Å²) < 4.78 is 0. The van der Waals surface area contributed by atoms with Crippen LogP contribution in [0.4, 0.5) is 0 Å². The highest BCUT2D eigenvalue weighted by molar-refractivity contribution is 5.94. The van der Waals surface area contributed by atoms with E-state index >= 15 is 0 Å². The van der Waals surface area contributed by atoms with E-state index in [2.05, 4.69) is 5.32 Å². The van der Waals surface area contributed by atoms with Crippen molar-refractivity contribution < 1.29 is 9.59 Å². The van der Waals surface area contributed by atoms with Crippen molar-refractivity contribution >= 4 is 24.2 Å². The first-order chi connectivity index (χ1) is 8.95. The minimum Gasteiger partial charge on any atom is -0.352 e. The van der Waals surface area contributed by atoms with E-state index in [9.17, 15) is 9.59 Å². The minimum absolute atomic E-state index is 0. The van der Waals surface area contributed by atoms with Crippen LogP contribution in [0.1, 0.15) is 29.8 Å². The van der Waals surface area contributed by atoms with Gasteiger partial charge in [-0.3, -0.25) is 9.59 Å². The topological polar surface area (TPSA) is 75.4 Å². The Hall–Kier alpha value is -1.59. The first-order valence-corrected chi connectivity index (χ1v) is 6.26. The molecule has 3 N–H and O–H groups in total. The third kappa shape index (κ3) is 5.19. The lowest BCUT2D eigenvalue weighted by molar-refractivity contribution is -0.119. The molecular weight excluding hydrogens is 278 g/mol. The molecule has 0 spiro atoms. The Labute approximate surface area is 125 Å². The molecule has 0 aromatic heterocycles. The van der Waals surface area contributed by atoms with Gasteiger partial charge in [-0.1, -0.05) is 12.1 Å². The number of nitrogens with one attached hydrogen (secondary N) is 1. The summed E-state index contributed by atoms with van der Waals surface area (Å²) in [5.41, 5.74) is 7.13. The van der Waals surface area contributed by atoms with Crippen molar-refractivity contribution in [3.63, 3.8) is 0 Å². The van der Waals surface area contributed by atoms with Crippen LogP contribution >= 0.6 is 12.4 Å². The van der Waals surface area contributed by atoms with Crippen LogP contribution < -0.4 is 11.1 Å². The summed E-state index contributed by atoms with van der Waals surface area (Å²) in [7, 11) is 1.74. The lowest BCUT2D eigenvalue weighted by Gasteiger charge is -2.23. The van der Waals surface area contributed by atoms with Crippen molar-refractivity contribution in [2.45, 2.75) is 26.4 Å². The van der Waals surface area contributed by atoms with Crippen LogP contribution in [0.25, 0.3) is 0 Å². The molecule has 1 unspecified atom stereocenters. The molecule has 0 saturated carbocycles. The standard InChI is InChI=1S/C14H21N3O2.ClH/c1-10(8-15)17(3)14(19)13-6-4-12(5-7-13)9-16-11(2)18;/h4-7,10H,8-9,15H2,1-3H3,(H,16,18);1H. The average molecular weight is 300 g/mol. The Balaban J connectivity index is 0.00000361. The fourth-order valence-electron chi connectivity index (χ4n) is 1.55. The van der Waals surface area contributed by atoms with Crippen LogP contribution in [0.5, 0.6) is 0 Å². The van der Waals surface area contributed by atoms with Gasteiger partial charge >= 0.3 is 0 Å². The smallest absolute Gasteiger partial charge is 0.253 e. The molecule has 1 atom stereocenters. The van der Waals surface area contributed by atoms with E-state index in [4.69, 9.17) is 5.73 Å². The molecule has 0 aliphatic heterocycles. The van der Waals surface area contributed by atoms with Gasteiger partial charge < -0.3 is 16.0 Å². The highest BCUT2D eigenvalue weighted by Crippen LogP contribution is 2.08. The van der Waals surface area contributed by atoms with Gasteiger partial charge in [0.25, 0.3) is 5.91 Å². The fourth-order valence-corrected chi connectivity index (χ4v) is 1.55. The number of carbonyl (C=O) groups is 2. The Morgan fingerprint density at radius 3 is 2.30 bits per heavy atom. The highest BCUT2D eigenvalue weighted by Gasteiger charge is 2.15. The zero-order chi connectivity index (χ0) is 14.4. The summed E-state index contributed by atoms with van der Waals surface area (Å²) >= 11 is 0. The quantitative estimate of drug-likeness (QED) is 0.857. The van der Waals surface area contributed by atoms with E-state index < -0.39 is 0 Å². The lowest BCUT2D eigenvalue weighted by atomic mass is 10.1. The SMILES string of the molecule is CC(=O)NCc1ccc(C(=O)N(C)C(C)CN)cc1.Cl.